The van der Waals surface area contributed by atoms with E-state index in [0.29, 0.717) is 24.2 Å². The van der Waals surface area contributed by atoms with Crippen molar-refractivity contribution in [1.82, 2.24) is 0 Å². The van der Waals surface area contributed by atoms with E-state index in [1.165, 1.54) is 0 Å². The van der Waals surface area contributed by atoms with Gasteiger partial charge in [-0.25, -0.2) is 0 Å². The number of carbonyl (C=O) groups excluding carboxylic acids is 1. The van der Waals surface area contributed by atoms with E-state index in [-0.39, 0.29) is 36.8 Å². The van der Waals surface area contributed by atoms with Crippen molar-refractivity contribution >= 4 is 11.9 Å². The maximum Gasteiger partial charge on any atom is 0.308 e. The second kappa shape index (κ2) is 11.1. The van der Waals surface area contributed by atoms with Crippen LogP contribution in [0.1, 0.15) is 72.1 Å². The summed E-state index contributed by atoms with van der Waals surface area (Å²) in [5.74, 6) is 0.00883. The molecule has 8 atom stereocenters. The molecular formula is C23H38O6. The van der Waals surface area contributed by atoms with Gasteiger partial charge in [-0.2, -0.15) is 0 Å². The van der Waals surface area contributed by atoms with Crippen molar-refractivity contribution in [3.05, 3.63) is 12.2 Å². The van der Waals surface area contributed by atoms with Crippen molar-refractivity contribution in [2.75, 3.05) is 0 Å². The summed E-state index contributed by atoms with van der Waals surface area (Å²) in [6, 6.07) is 0. The zero-order valence-electron chi connectivity index (χ0n) is 18.0. The highest BCUT2D eigenvalue weighted by Crippen LogP contribution is 2.46. The zero-order valence-corrected chi connectivity index (χ0v) is 18.0. The number of carboxylic acid groups (broad SMARTS) is 1. The number of hydrogen-bond acceptors (Lipinski definition) is 5. The number of hydrogen-bond donors (Lipinski definition) is 3. The Labute approximate surface area is 174 Å². The van der Waals surface area contributed by atoms with Crippen molar-refractivity contribution in [1.29, 1.82) is 0 Å². The second-order valence-corrected chi connectivity index (χ2v) is 9.08. The summed E-state index contributed by atoms with van der Waals surface area (Å²) in [6.45, 7) is 6.07. The summed E-state index contributed by atoms with van der Waals surface area (Å²) >= 11 is 0. The first-order valence-corrected chi connectivity index (χ1v) is 11.2. The van der Waals surface area contributed by atoms with Crippen LogP contribution in [0.4, 0.5) is 0 Å². The highest BCUT2D eigenvalue weighted by Gasteiger charge is 2.43. The van der Waals surface area contributed by atoms with Crippen LogP contribution in [0.15, 0.2) is 12.2 Å². The molecule has 0 aliphatic heterocycles. The van der Waals surface area contributed by atoms with Gasteiger partial charge < -0.3 is 20.1 Å². The molecule has 0 aromatic carbocycles. The van der Waals surface area contributed by atoms with Crippen molar-refractivity contribution < 1.29 is 29.6 Å². The Morgan fingerprint density at radius 3 is 2.55 bits per heavy atom. The molecule has 0 amide bonds. The van der Waals surface area contributed by atoms with Crippen molar-refractivity contribution in [3.8, 4) is 0 Å². The molecule has 2 aliphatic carbocycles. The number of aliphatic carboxylic acids is 1. The summed E-state index contributed by atoms with van der Waals surface area (Å²) in [4.78, 5) is 23.1. The Kier molecular flexibility index (Phi) is 9.15. The molecule has 166 valence electrons. The topological polar surface area (TPSA) is 104 Å². The molecule has 0 saturated heterocycles. The summed E-state index contributed by atoms with van der Waals surface area (Å²) in [6.07, 6.45) is 7.49. The molecule has 1 saturated carbocycles. The van der Waals surface area contributed by atoms with Crippen LogP contribution < -0.4 is 0 Å². The van der Waals surface area contributed by atoms with Gasteiger partial charge in [0.05, 0.1) is 24.5 Å². The van der Waals surface area contributed by atoms with E-state index in [4.69, 9.17) is 9.84 Å². The van der Waals surface area contributed by atoms with Gasteiger partial charge in [0.25, 0.3) is 0 Å². The number of rotatable bonds is 10. The normalized spacial score (nSPS) is 32.1. The molecule has 2 aliphatic rings. The van der Waals surface area contributed by atoms with Gasteiger partial charge in [0, 0.05) is 5.92 Å². The van der Waals surface area contributed by atoms with Crippen molar-refractivity contribution in [2.24, 2.45) is 29.6 Å². The average Bonchev–Trinajstić information content (AvgIpc) is 2.66. The van der Waals surface area contributed by atoms with E-state index < -0.39 is 18.2 Å². The van der Waals surface area contributed by atoms with Gasteiger partial charge in [-0.3, -0.25) is 9.59 Å². The molecule has 0 spiro atoms. The zero-order chi connectivity index (χ0) is 21.6. The Morgan fingerprint density at radius 2 is 1.90 bits per heavy atom. The predicted octanol–water partition coefficient (Wildman–Crippen LogP) is 3.55. The monoisotopic (exact) mass is 410 g/mol. The number of carboxylic acids is 1. The number of allylic oxidation sites excluding steroid dienone is 2. The molecule has 0 heterocycles. The minimum absolute atomic E-state index is 0.0732. The van der Waals surface area contributed by atoms with Gasteiger partial charge in [-0.05, 0) is 62.7 Å². The van der Waals surface area contributed by atoms with Gasteiger partial charge in [0.2, 0.25) is 0 Å². The highest BCUT2D eigenvalue weighted by molar-refractivity contribution is 5.72. The van der Waals surface area contributed by atoms with Crippen LogP contribution in [0.5, 0.6) is 0 Å². The molecule has 29 heavy (non-hydrogen) atoms. The third-order valence-electron chi connectivity index (χ3n) is 6.85. The lowest BCUT2D eigenvalue weighted by molar-refractivity contribution is -0.162. The third kappa shape index (κ3) is 6.82. The molecule has 0 unspecified atom stereocenters. The minimum atomic E-state index is -1.06. The number of ether oxygens (including phenoxy) is 1. The average molecular weight is 411 g/mol. The Balaban J connectivity index is 2.01. The smallest absolute Gasteiger partial charge is 0.308 e. The number of carbonyl (C=O) groups is 2. The van der Waals surface area contributed by atoms with Crippen LogP contribution in [0.2, 0.25) is 0 Å². The van der Waals surface area contributed by atoms with Crippen molar-refractivity contribution in [3.63, 3.8) is 0 Å². The maximum absolute atomic E-state index is 12.4. The number of aliphatic hydroxyl groups is 2. The fourth-order valence-electron chi connectivity index (χ4n) is 4.97. The van der Waals surface area contributed by atoms with Crippen LogP contribution >= 0.6 is 0 Å². The molecule has 0 bridgehead atoms. The first-order valence-electron chi connectivity index (χ1n) is 11.2. The fourth-order valence-corrected chi connectivity index (χ4v) is 4.97. The maximum atomic E-state index is 12.4. The standard InChI is InChI=1S/C23H38O6/c1-4-14(2)23(28)29-20-7-5-6-16-9-8-15(3)19(22(16)20)11-10-17(24)12-18(25)13-21(26)27/h8-9,14-20,22,24-25H,4-7,10-13H2,1-3H3,(H,26,27)/t14-,15-,16+,17+,18+,19-,20-,22-/m0/s1. The molecule has 3 N–H and O–H groups in total. The highest BCUT2D eigenvalue weighted by atomic mass is 16.5. The molecule has 6 nitrogen and oxygen atoms in total. The lowest BCUT2D eigenvalue weighted by Gasteiger charge is -2.46. The molecule has 6 heteroatoms. The Hall–Kier alpha value is -1.40. The Morgan fingerprint density at radius 1 is 1.17 bits per heavy atom. The van der Waals surface area contributed by atoms with Crippen LogP contribution in [-0.4, -0.2) is 45.6 Å². The van der Waals surface area contributed by atoms with Crippen molar-refractivity contribution in [2.45, 2.75) is 90.4 Å². The van der Waals surface area contributed by atoms with Crippen LogP contribution in [0, 0.1) is 29.6 Å². The summed E-state index contributed by atoms with van der Waals surface area (Å²) in [7, 11) is 0. The summed E-state index contributed by atoms with van der Waals surface area (Å²) in [5, 5.41) is 28.8. The first-order chi connectivity index (χ1) is 13.7. The molecule has 0 aromatic heterocycles. The van der Waals surface area contributed by atoms with Gasteiger partial charge >= 0.3 is 11.9 Å². The molecular weight excluding hydrogens is 372 g/mol. The predicted molar refractivity (Wildman–Crippen MR) is 110 cm³/mol. The molecule has 2 rings (SSSR count). The van der Waals surface area contributed by atoms with Gasteiger partial charge in [0.1, 0.15) is 6.10 Å². The second-order valence-electron chi connectivity index (χ2n) is 9.08. The minimum Gasteiger partial charge on any atom is -0.481 e. The van der Waals surface area contributed by atoms with E-state index >= 15 is 0 Å². The quantitative estimate of drug-likeness (QED) is 0.376. The molecule has 0 aromatic rings. The van der Waals surface area contributed by atoms with E-state index in [1.54, 1.807) is 0 Å². The van der Waals surface area contributed by atoms with Crippen LogP contribution in [0.25, 0.3) is 0 Å². The lowest BCUT2D eigenvalue weighted by atomic mass is 9.62. The fraction of sp³-hybridized carbons (Fsp3) is 0.826. The van der Waals surface area contributed by atoms with E-state index in [9.17, 15) is 19.8 Å². The van der Waals surface area contributed by atoms with Gasteiger partial charge in [-0.15, -0.1) is 0 Å². The largest absolute Gasteiger partial charge is 0.481 e. The summed E-state index contributed by atoms with van der Waals surface area (Å²) in [5.41, 5.74) is 0. The Bertz CT molecular complexity index is 574. The summed E-state index contributed by atoms with van der Waals surface area (Å²) < 4.78 is 5.97. The number of fused-ring (bicyclic) bond motifs is 1. The molecule has 0 radical (unpaired) electrons. The number of esters is 1. The van der Waals surface area contributed by atoms with E-state index in [1.807, 2.05) is 13.8 Å². The van der Waals surface area contributed by atoms with Gasteiger partial charge in [0.15, 0.2) is 0 Å². The number of aliphatic hydroxyl groups excluding tert-OH is 2. The van der Waals surface area contributed by atoms with Crippen LogP contribution in [0.3, 0.4) is 0 Å². The van der Waals surface area contributed by atoms with Crippen LogP contribution in [-0.2, 0) is 14.3 Å². The van der Waals surface area contributed by atoms with Gasteiger partial charge in [-0.1, -0.05) is 32.9 Å². The van der Waals surface area contributed by atoms with E-state index in [0.717, 1.165) is 32.1 Å². The van der Waals surface area contributed by atoms with E-state index in [2.05, 4.69) is 19.1 Å². The third-order valence-corrected chi connectivity index (χ3v) is 6.85. The SMILES string of the molecule is CC[C@H](C)C(=O)O[C@H]1CCC[C@@H]2C=C[C@H](C)[C@H](CC[C@@H](O)C[C@@H](O)CC(=O)O)[C@@H]12. The lowest BCUT2D eigenvalue weighted by Crippen LogP contribution is -2.44. The molecule has 1 fully saturated rings. The first kappa shape index (κ1) is 23.9.